The summed E-state index contributed by atoms with van der Waals surface area (Å²) < 4.78 is 7.01. The van der Waals surface area contributed by atoms with Crippen molar-refractivity contribution in [2.45, 2.75) is 57.7 Å². The van der Waals surface area contributed by atoms with E-state index in [9.17, 15) is 19.5 Å². The summed E-state index contributed by atoms with van der Waals surface area (Å²) in [5, 5.41) is 17.8. The minimum absolute atomic E-state index is 0.0729. The molecule has 0 bridgehead atoms. The molecular formula is C29H33N5O5. The largest absolute Gasteiger partial charge is 0.391 e. The van der Waals surface area contributed by atoms with Crippen LogP contribution in [0.25, 0.3) is 11.3 Å². The predicted molar refractivity (Wildman–Crippen MR) is 145 cm³/mol. The standard InChI is InChI=1S/C29H33N5O5/c1-16(2)25(23-13-17(3)32-39-23)27(37)34-15-20(35)14-22(34)26-30-28(38)29(4,31-26)19-11-9-18(10-12-19)21-7-6-8-24(36)33(21)5/h6-13,16,20,22,25,35H,14-15H2,1-5H3,(H,30,31,38)/t20-,22+,25?,29-/m1/s1. The summed E-state index contributed by atoms with van der Waals surface area (Å²) in [6.07, 6.45) is -0.478. The van der Waals surface area contributed by atoms with Crippen molar-refractivity contribution in [2.24, 2.45) is 18.0 Å². The van der Waals surface area contributed by atoms with Gasteiger partial charge in [0.1, 0.15) is 23.1 Å². The number of hydrogen-bond acceptors (Lipinski definition) is 7. The highest BCUT2D eigenvalue weighted by Gasteiger charge is 2.48. The van der Waals surface area contributed by atoms with Gasteiger partial charge in [-0.3, -0.25) is 14.4 Å². The molecule has 0 radical (unpaired) electrons. The highest BCUT2D eigenvalue weighted by atomic mass is 16.5. The van der Waals surface area contributed by atoms with Crippen molar-refractivity contribution in [1.29, 1.82) is 0 Å². The maximum absolute atomic E-state index is 13.8. The van der Waals surface area contributed by atoms with Crippen molar-refractivity contribution in [2.75, 3.05) is 6.54 Å². The second-order valence-electron chi connectivity index (χ2n) is 10.9. The van der Waals surface area contributed by atoms with Crippen molar-refractivity contribution < 1.29 is 19.2 Å². The van der Waals surface area contributed by atoms with E-state index in [0.717, 1.165) is 11.3 Å². The first-order chi connectivity index (χ1) is 18.5. The molecule has 2 aliphatic heterocycles. The van der Waals surface area contributed by atoms with Crippen LogP contribution in [0, 0.1) is 12.8 Å². The summed E-state index contributed by atoms with van der Waals surface area (Å²) in [5.41, 5.74) is 1.74. The third-order valence-corrected chi connectivity index (χ3v) is 7.73. The van der Waals surface area contributed by atoms with E-state index in [1.165, 1.54) is 6.07 Å². The monoisotopic (exact) mass is 531 g/mol. The molecule has 2 aromatic heterocycles. The molecule has 2 amide bonds. The maximum Gasteiger partial charge on any atom is 0.277 e. The Morgan fingerprint density at radius 3 is 2.54 bits per heavy atom. The smallest absolute Gasteiger partial charge is 0.277 e. The molecule has 0 spiro atoms. The molecule has 204 valence electrons. The Morgan fingerprint density at radius 1 is 1.18 bits per heavy atom. The number of benzene rings is 1. The van der Waals surface area contributed by atoms with Crippen LogP contribution in [0.5, 0.6) is 0 Å². The second kappa shape index (κ2) is 9.92. The number of amides is 2. The third kappa shape index (κ3) is 4.69. The molecule has 1 unspecified atom stereocenters. The number of likely N-dealkylation sites (tertiary alicyclic amines) is 1. The van der Waals surface area contributed by atoms with Crippen molar-refractivity contribution in [3.63, 3.8) is 0 Å². The molecule has 10 nitrogen and oxygen atoms in total. The van der Waals surface area contributed by atoms with E-state index in [-0.39, 0.29) is 36.3 Å². The first kappa shape index (κ1) is 26.6. The summed E-state index contributed by atoms with van der Waals surface area (Å²) in [6, 6.07) is 13.7. The first-order valence-corrected chi connectivity index (χ1v) is 13.1. The zero-order chi connectivity index (χ0) is 28.1. The van der Waals surface area contributed by atoms with Gasteiger partial charge < -0.3 is 24.4 Å². The molecule has 5 rings (SSSR count). The van der Waals surface area contributed by atoms with Crippen LogP contribution in [0.15, 0.2) is 62.8 Å². The number of hydrogen-bond donors (Lipinski definition) is 2. The lowest BCUT2D eigenvalue weighted by Crippen LogP contribution is -2.51. The number of aryl methyl sites for hydroxylation is 1. The third-order valence-electron chi connectivity index (χ3n) is 7.73. The zero-order valence-electron chi connectivity index (χ0n) is 22.7. The minimum atomic E-state index is -1.14. The van der Waals surface area contributed by atoms with Gasteiger partial charge in [-0.2, -0.15) is 4.99 Å². The number of aliphatic imine (C=N–C) groups is 1. The van der Waals surface area contributed by atoms with Gasteiger partial charge in [0.05, 0.1) is 23.5 Å². The Kier molecular flexibility index (Phi) is 6.76. The Balaban J connectivity index is 1.40. The summed E-state index contributed by atoms with van der Waals surface area (Å²) >= 11 is 0. The zero-order valence-corrected chi connectivity index (χ0v) is 22.7. The van der Waals surface area contributed by atoms with E-state index in [2.05, 4.69) is 15.5 Å². The molecular weight excluding hydrogens is 498 g/mol. The lowest BCUT2D eigenvalue weighted by atomic mass is 9.90. The molecule has 1 fully saturated rings. The van der Waals surface area contributed by atoms with Crippen molar-refractivity contribution >= 4 is 17.6 Å². The van der Waals surface area contributed by atoms with Crippen LogP contribution >= 0.6 is 0 Å². The fraction of sp³-hybridized carbons (Fsp3) is 0.414. The Bertz CT molecular complexity index is 1500. The average Bonchev–Trinajstić information content (AvgIpc) is 3.58. The number of carbonyl (C=O) groups is 2. The van der Waals surface area contributed by atoms with Gasteiger partial charge in [-0.05, 0) is 37.0 Å². The first-order valence-electron chi connectivity index (χ1n) is 13.1. The SMILES string of the molecule is Cc1cc(C(C(=O)N2C[C@H](O)C[C@H]2C2=NC(=O)[C@@](C)(c3ccc(-c4cccc(=O)n4C)cc3)N2)C(C)C)on1. The van der Waals surface area contributed by atoms with Gasteiger partial charge >= 0.3 is 0 Å². The van der Waals surface area contributed by atoms with Crippen molar-refractivity contribution in [3.8, 4) is 11.3 Å². The molecule has 1 aromatic carbocycles. The van der Waals surface area contributed by atoms with Crippen LogP contribution in [0.2, 0.25) is 0 Å². The topological polar surface area (TPSA) is 130 Å². The van der Waals surface area contributed by atoms with E-state index in [0.29, 0.717) is 22.9 Å². The second-order valence-corrected chi connectivity index (χ2v) is 10.9. The maximum atomic E-state index is 13.8. The molecule has 1 saturated heterocycles. The summed E-state index contributed by atoms with van der Waals surface area (Å²) in [7, 11) is 1.71. The van der Waals surface area contributed by atoms with Crippen LogP contribution in [-0.2, 0) is 22.2 Å². The summed E-state index contributed by atoms with van der Waals surface area (Å²) in [5.74, 6) is -0.395. The Morgan fingerprint density at radius 2 is 1.90 bits per heavy atom. The molecule has 10 heteroatoms. The van der Waals surface area contributed by atoms with Crippen LogP contribution in [0.3, 0.4) is 0 Å². The van der Waals surface area contributed by atoms with Crippen molar-refractivity contribution in [1.82, 2.24) is 19.9 Å². The average molecular weight is 532 g/mol. The molecule has 0 saturated carbocycles. The van der Waals surface area contributed by atoms with Gasteiger partial charge in [0, 0.05) is 32.1 Å². The number of nitrogens with one attached hydrogen (secondary N) is 1. The van der Waals surface area contributed by atoms with E-state index >= 15 is 0 Å². The highest BCUT2D eigenvalue weighted by Crippen LogP contribution is 2.34. The molecule has 2 N–H and O–H groups in total. The lowest BCUT2D eigenvalue weighted by Gasteiger charge is -2.31. The van der Waals surface area contributed by atoms with Gasteiger partial charge in [0.25, 0.3) is 11.5 Å². The quantitative estimate of drug-likeness (QED) is 0.500. The molecule has 2 aliphatic rings. The fourth-order valence-corrected chi connectivity index (χ4v) is 5.50. The normalized spacial score (nSPS) is 23.7. The van der Waals surface area contributed by atoms with E-state index < -0.39 is 23.6 Å². The fourth-order valence-electron chi connectivity index (χ4n) is 5.50. The number of aromatic nitrogens is 2. The van der Waals surface area contributed by atoms with E-state index in [4.69, 9.17) is 4.52 Å². The van der Waals surface area contributed by atoms with Gasteiger partial charge in [-0.1, -0.05) is 49.3 Å². The van der Waals surface area contributed by atoms with Crippen LogP contribution in [0.1, 0.15) is 50.1 Å². The number of rotatable bonds is 6. The summed E-state index contributed by atoms with van der Waals surface area (Å²) in [4.78, 5) is 45.0. The molecule has 0 aliphatic carbocycles. The number of amidine groups is 1. The number of nitrogens with zero attached hydrogens (tertiary/aromatic N) is 4. The van der Waals surface area contributed by atoms with Crippen molar-refractivity contribution in [3.05, 3.63) is 75.9 Å². The highest BCUT2D eigenvalue weighted by molar-refractivity contribution is 6.09. The van der Waals surface area contributed by atoms with Gasteiger partial charge in [-0.25, -0.2) is 0 Å². The number of aliphatic hydroxyl groups is 1. The van der Waals surface area contributed by atoms with Gasteiger partial charge in [0.15, 0.2) is 0 Å². The van der Waals surface area contributed by atoms with E-state index in [1.807, 2.05) is 44.2 Å². The Labute approximate surface area is 226 Å². The molecule has 3 aromatic rings. The minimum Gasteiger partial charge on any atom is -0.391 e. The molecule has 39 heavy (non-hydrogen) atoms. The lowest BCUT2D eigenvalue weighted by molar-refractivity contribution is -0.134. The van der Waals surface area contributed by atoms with Gasteiger partial charge in [-0.15, -0.1) is 0 Å². The van der Waals surface area contributed by atoms with E-state index in [1.54, 1.807) is 42.5 Å². The number of β-amino-alcohol motifs (C(OH)–C–C–N with tert-alkyl or cyclic N) is 1. The van der Waals surface area contributed by atoms with Crippen LogP contribution in [0.4, 0.5) is 0 Å². The number of carbonyl (C=O) groups excluding carboxylic acids is 2. The van der Waals surface area contributed by atoms with Crippen LogP contribution in [-0.4, -0.2) is 56.1 Å². The Hall–Kier alpha value is -4.05. The number of pyridine rings is 1. The summed E-state index contributed by atoms with van der Waals surface area (Å²) in [6.45, 7) is 7.56. The van der Waals surface area contributed by atoms with Crippen LogP contribution < -0.4 is 10.9 Å². The van der Waals surface area contributed by atoms with Gasteiger partial charge in [0.2, 0.25) is 5.91 Å². The molecule has 4 heterocycles. The number of aliphatic hydroxyl groups excluding tert-OH is 1. The predicted octanol–water partition coefficient (Wildman–Crippen LogP) is 2.49. The molecule has 4 atom stereocenters.